The highest BCUT2D eigenvalue weighted by atomic mass is 16.5. The third-order valence-corrected chi connectivity index (χ3v) is 4.50. The average Bonchev–Trinajstić information content (AvgIpc) is 2.30. The molecule has 0 amide bonds. The van der Waals surface area contributed by atoms with Crippen LogP contribution in [-0.4, -0.2) is 88.8 Å². The van der Waals surface area contributed by atoms with Crippen molar-refractivity contribution < 1.29 is 18.4 Å². The van der Waals surface area contributed by atoms with E-state index in [-0.39, 0.29) is 0 Å². The molecular formula is C13H28N2O2+2. The Hall–Kier alpha value is -0.160. The molecule has 100 valence electrons. The molecule has 0 unspecified atom stereocenters. The maximum Gasteiger partial charge on any atom is 0.102 e. The number of likely N-dealkylation sites (N-methyl/N-ethyl adjacent to an activating group) is 2. The molecule has 2 rings (SSSR count). The number of morpholine rings is 2. The third kappa shape index (κ3) is 3.91. The summed E-state index contributed by atoms with van der Waals surface area (Å²) >= 11 is 0. The van der Waals surface area contributed by atoms with E-state index >= 15 is 0 Å². The summed E-state index contributed by atoms with van der Waals surface area (Å²) < 4.78 is 13.3. The highest BCUT2D eigenvalue weighted by molar-refractivity contribution is 4.51. The molecule has 0 N–H and O–H groups in total. The Morgan fingerprint density at radius 1 is 0.706 bits per heavy atom. The van der Waals surface area contributed by atoms with Gasteiger partial charge in [0, 0.05) is 6.42 Å². The van der Waals surface area contributed by atoms with E-state index in [4.69, 9.17) is 9.47 Å². The largest absolute Gasteiger partial charge is 0.370 e. The van der Waals surface area contributed by atoms with Crippen molar-refractivity contribution in [2.45, 2.75) is 6.42 Å². The van der Waals surface area contributed by atoms with Gasteiger partial charge in [0.05, 0.1) is 53.6 Å². The van der Waals surface area contributed by atoms with E-state index in [9.17, 15) is 0 Å². The normalized spacial score (nSPS) is 27.9. The van der Waals surface area contributed by atoms with Gasteiger partial charge < -0.3 is 18.4 Å². The van der Waals surface area contributed by atoms with Crippen molar-refractivity contribution in [3.63, 3.8) is 0 Å². The molecule has 0 atom stereocenters. The topological polar surface area (TPSA) is 18.5 Å². The number of quaternary nitrogens is 2. The lowest BCUT2D eigenvalue weighted by Gasteiger charge is -2.40. The first kappa shape index (κ1) is 13.3. The van der Waals surface area contributed by atoms with E-state index in [0.29, 0.717) is 0 Å². The van der Waals surface area contributed by atoms with Crippen LogP contribution in [0.25, 0.3) is 0 Å². The summed E-state index contributed by atoms with van der Waals surface area (Å²) in [5.74, 6) is 0. The second-order valence-electron chi connectivity index (χ2n) is 6.16. The maximum atomic E-state index is 5.44. The predicted octanol–water partition coefficient (Wildman–Crippen LogP) is 0.330. The van der Waals surface area contributed by atoms with E-state index in [1.165, 1.54) is 54.7 Å². The van der Waals surface area contributed by atoms with Crippen molar-refractivity contribution in [3.8, 4) is 0 Å². The van der Waals surface area contributed by atoms with Gasteiger partial charge in [-0.1, -0.05) is 0 Å². The quantitative estimate of drug-likeness (QED) is 0.664. The highest BCUT2D eigenvalue weighted by Crippen LogP contribution is 2.12. The lowest BCUT2D eigenvalue weighted by molar-refractivity contribution is -0.934. The fraction of sp³-hybridized carbons (Fsp3) is 1.00. The van der Waals surface area contributed by atoms with Crippen molar-refractivity contribution >= 4 is 0 Å². The highest BCUT2D eigenvalue weighted by Gasteiger charge is 2.28. The number of hydrogen-bond donors (Lipinski definition) is 0. The van der Waals surface area contributed by atoms with Gasteiger partial charge in [-0.25, -0.2) is 0 Å². The molecule has 2 aliphatic heterocycles. The fourth-order valence-electron chi connectivity index (χ4n) is 2.85. The molecule has 2 aliphatic rings. The van der Waals surface area contributed by atoms with E-state index in [0.717, 1.165) is 26.4 Å². The van der Waals surface area contributed by atoms with Crippen LogP contribution in [-0.2, 0) is 9.47 Å². The average molecular weight is 244 g/mol. The molecule has 0 aromatic rings. The summed E-state index contributed by atoms with van der Waals surface area (Å²) in [7, 11) is 4.75. The number of rotatable bonds is 4. The van der Waals surface area contributed by atoms with Gasteiger partial charge in [0.1, 0.15) is 26.2 Å². The molecule has 2 fully saturated rings. The lowest BCUT2D eigenvalue weighted by Crippen LogP contribution is -2.55. The zero-order chi connectivity index (χ0) is 12.2. The van der Waals surface area contributed by atoms with Crippen LogP contribution < -0.4 is 0 Å². The van der Waals surface area contributed by atoms with Gasteiger partial charge in [-0.3, -0.25) is 0 Å². The van der Waals surface area contributed by atoms with Crippen LogP contribution in [0.4, 0.5) is 0 Å². The fourth-order valence-corrected chi connectivity index (χ4v) is 2.85. The molecule has 2 saturated heterocycles. The second-order valence-corrected chi connectivity index (χ2v) is 6.16. The Bertz CT molecular complexity index is 210. The van der Waals surface area contributed by atoms with Crippen LogP contribution in [0.3, 0.4) is 0 Å². The summed E-state index contributed by atoms with van der Waals surface area (Å²) in [4.78, 5) is 0. The predicted molar refractivity (Wildman–Crippen MR) is 67.8 cm³/mol. The van der Waals surface area contributed by atoms with Crippen LogP contribution in [0.15, 0.2) is 0 Å². The maximum absolute atomic E-state index is 5.44. The molecule has 4 nitrogen and oxygen atoms in total. The first-order valence-corrected chi connectivity index (χ1v) is 6.95. The van der Waals surface area contributed by atoms with Gasteiger partial charge in [-0.05, 0) is 0 Å². The van der Waals surface area contributed by atoms with Crippen molar-refractivity contribution in [3.05, 3.63) is 0 Å². The molecule has 0 aromatic carbocycles. The first-order valence-electron chi connectivity index (χ1n) is 6.95. The monoisotopic (exact) mass is 244 g/mol. The van der Waals surface area contributed by atoms with E-state index in [1.54, 1.807) is 0 Å². The molecule has 0 aromatic heterocycles. The van der Waals surface area contributed by atoms with E-state index in [1.807, 2.05) is 0 Å². The minimum atomic E-state index is 0.941. The summed E-state index contributed by atoms with van der Waals surface area (Å²) in [6.45, 7) is 11.1. The Balaban J connectivity index is 1.70. The molecule has 4 heteroatoms. The molecule has 0 radical (unpaired) electrons. The standard InChI is InChI=1S/C13H28N2O2/c1-14(6-10-16-11-7-14)4-3-5-15(2)8-12-17-13-9-15/h3-13H2,1-2H3/q+2. The zero-order valence-electron chi connectivity index (χ0n) is 11.5. The Kier molecular flexibility index (Phi) is 4.42. The van der Waals surface area contributed by atoms with Gasteiger partial charge in [0.15, 0.2) is 0 Å². The molecule has 17 heavy (non-hydrogen) atoms. The minimum absolute atomic E-state index is 0.941. The summed E-state index contributed by atoms with van der Waals surface area (Å²) in [6, 6.07) is 0. The number of nitrogens with zero attached hydrogens (tertiary/aromatic N) is 2. The van der Waals surface area contributed by atoms with Gasteiger partial charge in [-0.2, -0.15) is 0 Å². The Morgan fingerprint density at radius 3 is 1.41 bits per heavy atom. The van der Waals surface area contributed by atoms with Gasteiger partial charge in [0.25, 0.3) is 0 Å². The van der Waals surface area contributed by atoms with Gasteiger partial charge >= 0.3 is 0 Å². The summed E-state index contributed by atoms with van der Waals surface area (Å²) in [5.41, 5.74) is 0. The molecule has 2 heterocycles. The molecule has 0 saturated carbocycles. The Labute approximate surface area is 105 Å². The van der Waals surface area contributed by atoms with E-state index < -0.39 is 0 Å². The Morgan fingerprint density at radius 2 is 1.06 bits per heavy atom. The van der Waals surface area contributed by atoms with Crippen LogP contribution in [0.5, 0.6) is 0 Å². The zero-order valence-corrected chi connectivity index (χ0v) is 11.5. The number of hydrogen-bond acceptors (Lipinski definition) is 2. The van der Waals surface area contributed by atoms with Crippen molar-refractivity contribution in [1.82, 2.24) is 0 Å². The SMILES string of the molecule is C[N+]1(CCC[N+]2(C)CCOCC2)CCOCC1. The van der Waals surface area contributed by atoms with Crippen LogP contribution in [0.2, 0.25) is 0 Å². The summed E-state index contributed by atoms with van der Waals surface area (Å²) in [6.07, 6.45) is 1.33. The lowest BCUT2D eigenvalue weighted by atomic mass is 10.2. The minimum Gasteiger partial charge on any atom is -0.370 e. The first-order chi connectivity index (χ1) is 8.12. The molecule has 0 bridgehead atoms. The smallest absolute Gasteiger partial charge is 0.102 e. The van der Waals surface area contributed by atoms with Gasteiger partial charge in [0.2, 0.25) is 0 Å². The van der Waals surface area contributed by atoms with E-state index in [2.05, 4.69) is 14.1 Å². The van der Waals surface area contributed by atoms with Crippen LogP contribution >= 0.6 is 0 Å². The van der Waals surface area contributed by atoms with Crippen molar-refractivity contribution in [1.29, 1.82) is 0 Å². The molecule has 0 aliphatic carbocycles. The third-order valence-electron chi connectivity index (χ3n) is 4.50. The van der Waals surface area contributed by atoms with Crippen molar-refractivity contribution in [2.75, 3.05) is 79.8 Å². The van der Waals surface area contributed by atoms with Crippen LogP contribution in [0, 0.1) is 0 Å². The van der Waals surface area contributed by atoms with Gasteiger partial charge in [-0.15, -0.1) is 0 Å². The molecular weight excluding hydrogens is 216 g/mol. The molecule has 0 spiro atoms. The van der Waals surface area contributed by atoms with Crippen LogP contribution in [0.1, 0.15) is 6.42 Å². The number of ether oxygens (including phenoxy) is 2. The van der Waals surface area contributed by atoms with Crippen molar-refractivity contribution in [2.24, 2.45) is 0 Å². The summed E-state index contributed by atoms with van der Waals surface area (Å²) in [5, 5.41) is 0. The second kappa shape index (κ2) is 5.65.